The Morgan fingerprint density at radius 1 is 1.30 bits per heavy atom. The largest absolute Gasteiger partial charge is 0.467 e. The highest BCUT2D eigenvalue weighted by Crippen LogP contribution is 2.44. The van der Waals surface area contributed by atoms with E-state index >= 15 is 0 Å². The van der Waals surface area contributed by atoms with Gasteiger partial charge in [0.05, 0.1) is 7.11 Å². The smallest absolute Gasteiger partial charge is 0.410 e. The molecular formula is C15H27NO4. The maximum absolute atomic E-state index is 12.1. The Kier molecular flexibility index (Phi) is 5.05. The summed E-state index contributed by atoms with van der Waals surface area (Å²) in [6, 6.07) is -0.583. The van der Waals surface area contributed by atoms with E-state index in [-0.39, 0.29) is 11.4 Å². The lowest BCUT2D eigenvalue weighted by Crippen LogP contribution is -2.48. The van der Waals surface area contributed by atoms with Gasteiger partial charge in [-0.05, 0) is 45.4 Å². The summed E-state index contributed by atoms with van der Waals surface area (Å²) in [6.07, 6.45) is 3.48. The van der Waals surface area contributed by atoms with Crippen molar-refractivity contribution in [3.63, 3.8) is 0 Å². The Hall–Kier alpha value is -1.26. The average Bonchev–Trinajstić information content (AvgIpc) is 2.29. The van der Waals surface area contributed by atoms with Crippen molar-refractivity contribution >= 4 is 12.1 Å². The van der Waals surface area contributed by atoms with Crippen molar-refractivity contribution in [2.45, 2.75) is 65.0 Å². The molecule has 1 saturated carbocycles. The first-order chi connectivity index (χ1) is 9.08. The predicted octanol–water partition coefficient (Wildman–Crippen LogP) is 2.98. The number of carbonyl (C=O) groups is 2. The molecule has 1 atom stereocenters. The molecule has 5 nitrogen and oxygen atoms in total. The molecule has 0 aliphatic heterocycles. The van der Waals surface area contributed by atoms with Gasteiger partial charge >= 0.3 is 12.1 Å². The van der Waals surface area contributed by atoms with Crippen molar-refractivity contribution < 1.29 is 19.1 Å². The Morgan fingerprint density at radius 2 is 1.85 bits per heavy atom. The van der Waals surface area contributed by atoms with E-state index in [9.17, 15) is 9.59 Å². The van der Waals surface area contributed by atoms with Gasteiger partial charge in [0, 0.05) is 7.05 Å². The van der Waals surface area contributed by atoms with E-state index in [1.54, 1.807) is 27.8 Å². The van der Waals surface area contributed by atoms with Crippen LogP contribution in [0.1, 0.15) is 53.4 Å². The molecule has 0 N–H and O–H groups in total. The van der Waals surface area contributed by atoms with Crippen LogP contribution in [0.3, 0.4) is 0 Å². The van der Waals surface area contributed by atoms with Crippen LogP contribution in [0.5, 0.6) is 0 Å². The Bertz CT molecular complexity index is 369. The van der Waals surface area contributed by atoms with E-state index in [0.29, 0.717) is 6.42 Å². The SMILES string of the molecule is COC(=O)[C@H](CC1(C)CCC1)N(C)C(=O)OC(C)(C)C. The summed E-state index contributed by atoms with van der Waals surface area (Å²) >= 11 is 0. The fourth-order valence-corrected chi connectivity index (χ4v) is 2.43. The maximum Gasteiger partial charge on any atom is 0.410 e. The quantitative estimate of drug-likeness (QED) is 0.745. The molecule has 1 aliphatic rings. The number of rotatable bonds is 4. The predicted molar refractivity (Wildman–Crippen MR) is 76.4 cm³/mol. The maximum atomic E-state index is 12.1. The van der Waals surface area contributed by atoms with Crippen molar-refractivity contribution in [1.29, 1.82) is 0 Å². The molecule has 0 bridgehead atoms. The third kappa shape index (κ3) is 4.39. The Labute approximate surface area is 121 Å². The summed E-state index contributed by atoms with van der Waals surface area (Å²) in [5.74, 6) is -0.383. The average molecular weight is 285 g/mol. The first-order valence-electron chi connectivity index (χ1n) is 7.12. The number of methoxy groups -OCH3 is 1. The molecule has 0 saturated heterocycles. The molecule has 1 amide bonds. The van der Waals surface area contributed by atoms with Gasteiger partial charge in [0.25, 0.3) is 0 Å². The zero-order valence-electron chi connectivity index (χ0n) is 13.5. The fraction of sp³-hybridized carbons (Fsp3) is 0.867. The van der Waals surface area contributed by atoms with E-state index in [0.717, 1.165) is 12.8 Å². The normalized spacial score (nSPS) is 18.7. The highest BCUT2D eigenvalue weighted by molar-refractivity contribution is 5.81. The van der Waals surface area contributed by atoms with Crippen molar-refractivity contribution in [3.8, 4) is 0 Å². The summed E-state index contributed by atoms with van der Waals surface area (Å²) in [5.41, 5.74) is -0.457. The molecule has 0 aromatic heterocycles. The topological polar surface area (TPSA) is 55.8 Å². The number of nitrogens with zero attached hydrogens (tertiary/aromatic N) is 1. The molecule has 0 aromatic carbocycles. The Balaban J connectivity index is 2.76. The molecule has 0 spiro atoms. The first-order valence-corrected chi connectivity index (χ1v) is 7.12. The highest BCUT2D eigenvalue weighted by atomic mass is 16.6. The summed E-state index contributed by atoms with van der Waals surface area (Å²) in [4.78, 5) is 25.4. The summed E-state index contributed by atoms with van der Waals surface area (Å²) < 4.78 is 10.2. The lowest BCUT2D eigenvalue weighted by atomic mass is 9.67. The molecule has 5 heteroatoms. The van der Waals surface area contributed by atoms with Gasteiger partial charge in [0.1, 0.15) is 11.6 Å². The second kappa shape index (κ2) is 6.02. The second-order valence-electron chi connectivity index (χ2n) is 7.00. The number of amides is 1. The van der Waals surface area contributed by atoms with Crippen molar-refractivity contribution in [2.24, 2.45) is 5.41 Å². The van der Waals surface area contributed by atoms with Gasteiger partial charge in [-0.15, -0.1) is 0 Å². The van der Waals surface area contributed by atoms with Gasteiger partial charge in [-0.25, -0.2) is 9.59 Å². The third-order valence-electron chi connectivity index (χ3n) is 3.87. The molecule has 0 unspecified atom stereocenters. The van der Waals surface area contributed by atoms with Crippen LogP contribution in [0.4, 0.5) is 4.79 Å². The lowest BCUT2D eigenvalue weighted by molar-refractivity contribution is -0.148. The van der Waals surface area contributed by atoms with Crippen molar-refractivity contribution in [1.82, 2.24) is 4.90 Å². The van der Waals surface area contributed by atoms with Crippen LogP contribution in [0.15, 0.2) is 0 Å². The van der Waals surface area contributed by atoms with Crippen LogP contribution in [0.25, 0.3) is 0 Å². The minimum absolute atomic E-state index is 0.120. The van der Waals surface area contributed by atoms with E-state index in [1.165, 1.54) is 18.4 Å². The standard InChI is InChI=1S/C15H27NO4/c1-14(2,3)20-13(18)16(5)11(12(17)19-6)10-15(4)8-7-9-15/h11H,7-10H2,1-6H3/t11-/m0/s1. The molecule has 20 heavy (non-hydrogen) atoms. The minimum atomic E-state index is -0.583. The highest BCUT2D eigenvalue weighted by Gasteiger charge is 2.40. The third-order valence-corrected chi connectivity index (χ3v) is 3.87. The first kappa shape index (κ1) is 16.8. The number of hydrogen-bond acceptors (Lipinski definition) is 4. The van der Waals surface area contributed by atoms with Crippen LogP contribution >= 0.6 is 0 Å². The van der Waals surface area contributed by atoms with E-state index in [2.05, 4.69) is 6.92 Å². The number of carbonyl (C=O) groups excluding carboxylic acids is 2. The van der Waals surface area contributed by atoms with Gasteiger partial charge in [-0.2, -0.15) is 0 Å². The molecule has 0 heterocycles. The monoisotopic (exact) mass is 285 g/mol. The van der Waals surface area contributed by atoms with Gasteiger partial charge in [0.2, 0.25) is 0 Å². The van der Waals surface area contributed by atoms with Gasteiger partial charge in [-0.3, -0.25) is 4.90 Å². The van der Waals surface area contributed by atoms with Gasteiger partial charge in [-0.1, -0.05) is 13.3 Å². The van der Waals surface area contributed by atoms with Crippen molar-refractivity contribution in [3.05, 3.63) is 0 Å². The zero-order valence-corrected chi connectivity index (χ0v) is 13.5. The van der Waals surface area contributed by atoms with E-state index < -0.39 is 17.7 Å². The molecule has 1 rings (SSSR count). The van der Waals surface area contributed by atoms with Gasteiger partial charge < -0.3 is 9.47 Å². The molecule has 0 aromatic rings. The lowest BCUT2D eigenvalue weighted by Gasteiger charge is -2.42. The minimum Gasteiger partial charge on any atom is -0.467 e. The van der Waals surface area contributed by atoms with Crippen LogP contribution in [-0.2, 0) is 14.3 Å². The number of hydrogen-bond donors (Lipinski definition) is 0. The number of ether oxygens (including phenoxy) is 2. The number of likely N-dealkylation sites (N-methyl/N-ethyl adjacent to an activating group) is 1. The summed E-state index contributed by atoms with van der Waals surface area (Å²) in [6.45, 7) is 7.56. The zero-order chi connectivity index (χ0) is 15.6. The van der Waals surface area contributed by atoms with Gasteiger partial charge in [0.15, 0.2) is 0 Å². The molecule has 116 valence electrons. The second-order valence-corrected chi connectivity index (χ2v) is 7.00. The summed E-state index contributed by atoms with van der Waals surface area (Å²) in [7, 11) is 2.94. The Morgan fingerprint density at radius 3 is 2.20 bits per heavy atom. The molecule has 0 radical (unpaired) electrons. The van der Waals surface area contributed by atoms with Crippen LogP contribution in [0.2, 0.25) is 0 Å². The van der Waals surface area contributed by atoms with Crippen LogP contribution < -0.4 is 0 Å². The fourth-order valence-electron chi connectivity index (χ4n) is 2.43. The number of esters is 1. The van der Waals surface area contributed by atoms with Crippen LogP contribution in [0, 0.1) is 5.41 Å². The summed E-state index contributed by atoms with van der Waals surface area (Å²) in [5, 5.41) is 0. The molecule has 1 fully saturated rings. The molecule has 1 aliphatic carbocycles. The molecular weight excluding hydrogens is 258 g/mol. The van der Waals surface area contributed by atoms with E-state index in [1.807, 2.05) is 0 Å². The van der Waals surface area contributed by atoms with E-state index in [4.69, 9.17) is 9.47 Å². The van der Waals surface area contributed by atoms with Crippen molar-refractivity contribution in [2.75, 3.05) is 14.2 Å². The van der Waals surface area contributed by atoms with Crippen LogP contribution in [-0.4, -0.2) is 42.8 Å².